The summed E-state index contributed by atoms with van der Waals surface area (Å²) >= 11 is 1.52. The molecule has 2 heterocycles. The van der Waals surface area contributed by atoms with Crippen LogP contribution in [0.4, 0.5) is 0 Å². The molecule has 0 atom stereocenters. The molecule has 0 fully saturated rings. The minimum absolute atomic E-state index is 0.0332. The van der Waals surface area contributed by atoms with Crippen LogP contribution in [0.25, 0.3) is 32.5 Å². The van der Waals surface area contributed by atoms with E-state index in [1.807, 2.05) is 30.5 Å². The SMILES string of the molecule is CCn1cnc2scc(-c3ccc(-c4ccccc4)cc3)c2c1=O. The van der Waals surface area contributed by atoms with Crippen molar-refractivity contribution >= 4 is 21.6 Å². The molecular weight excluding hydrogens is 316 g/mol. The second kappa shape index (κ2) is 6.06. The normalized spacial score (nSPS) is 11.0. The van der Waals surface area contributed by atoms with E-state index in [1.54, 1.807) is 10.9 Å². The molecule has 0 saturated heterocycles. The molecule has 0 unspecified atom stereocenters. The van der Waals surface area contributed by atoms with Gasteiger partial charge in [0.2, 0.25) is 0 Å². The van der Waals surface area contributed by atoms with Crippen LogP contribution in [0.3, 0.4) is 0 Å². The van der Waals surface area contributed by atoms with Crippen molar-refractivity contribution in [1.29, 1.82) is 0 Å². The van der Waals surface area contributed by atoms with Crippen molar-refractivity contribution in [3.63, 3.8) is 0 Å². The molecule has 0 N–H and O–H groups in total. The Morgan fingerprint density at radius 3 is 2.33 bits per heavy atom. The van der Waals surface area contributed by atoms with Crippen molar-refractivity contribution in [2.24, 2.45) is 0 Å². The van der Waals surface area contributed by atoms with Gasteiger partial charge in [0.25, 0.3) is 5.56 Å². The quantitative estimate of drug-likeness (QED) is 0.539. The summed E-state index contributed by atoms with van der Waals surface area (Å²) in [6.45, 7) is 2.58. The van der Waals surface area contributed by atoms with E-state index < -0.39 is 0 Å². The van der Waals surface area contributed by atoms with Crippen LogP contribution in [0.1, 0.15) is 6.92 Å². The summed E-state index contributed by atoms with van der Waals surface area (Å²) in [5.74, 6) is 0. The van der Waals surface area contributed by atoms with E-state index in [0.29, 0.717) is 6.54 Å². The lowest BCUT2D eigenvalue weighted by atomic mass is 10.0. The summed E-state index contributed by atoms with van der Waals surface area (Å²) in [7, 11) is 0. The van der Waals surface area contributed by atoms with Crippen molar-refractivity contribution in [2.75, 3.05) is 0 Å². The van der Waals surface area contributed by atoms with Crippen molar-refractivity contribution in [1.82, 2.24) is 9.55 Å². The van der Waals surface area contributed by atoms with Crippen LogP contribution in [-0.2, 0) is 6.54 Å². The zero-order valence-electron chi connectivity index (χ0n) is 13.3. The van der Waals surface area contributed by atoms with Gasteiger partial charge < -0.3 is 0 Å². The molecule has 3 nitrogen and oxygen atoms in total. The Bertz CT molecular complexity index is 1050. The third-order valence-corrected chi connectivity index (χ3v) is 5.09. The molecule has 0 spiro atoms. The molecule has 0 aliphatic heterocycles. The second-order valence-corrected chi connectivity index (χ2v) is 6.47. The minimum atomic E-state index is 0.0332. The van der Waals surface area contributed by atoms with Gasteiger partial charge in [-0.2, -0.15) is 0 Å². The highest BCUT2D eigenvalue weighted by atomic mass is 32.1. The number of aryl methyl sites for hydroxylation is 1. The first-order chi connectivity index (χ1) is 11.8. The molecule has 4 aromatic rings. The summed E-state index contributed by atoms with van der Waals surface area (Å²) < 4.78 is 1.65. The Hall–Kier alpha value is -2.72. The number of thiophene rings is 1. The molecule has 2 aromatic heterocycles. The first-order valence-corrected chi connectivity index (χ1v) is 8.78. The Balaban J connectivity index is 1.82. The van der Waals surface area contributed by atoms with Crippen LogP contribution >= 0.6 is 11.3 Å². The zero-order chi connectivity index (χ0) is 16.5. The van der Waals surface area contributed by atoms with E-state index in [9.17, 15) is 4.79 Å². The topological polar surface area (TPSA) is 34.9 Å². The number of benzene rings is 2. The van der Waals surface area contributed by atoms with Gasteiger partial charge in [-0.05, 0) is 23.6 Å². The average Bonchev–Trinajstić information content (AvgIpc) is 3.08. The van der Waals surface area contributed by atoms with Crippen LogP contribution in [-0.4, -0.2) is 9.55 Å². The lowest BCUT2D eigenvalue weighted by Gasteiger charge is -2.05. The predicted molar refractivity (Wildman–Crippen MR) is 100 cm³/mol. The molecule has 118 valence electrons. The number of aromatic nitrogens is 2. The summed E-state index contributed by atoms with van der Waals surface area (Å²) in [5.41, 5.74) is 4.41. The van der Waals surface area contributed by atoms with Crippen molar-refractivity contribution in [3.05, 3.63) is 76.7 Å². The zero-order valence-corrected chi connectivity index (χ0v) is 14.1. The Morgan fingerprint density at radius 2 is 1.62 bits per heavy atom. The lowest BCUT2D eigenvalue weighted by Crippen LogP contribution is -2.19. The fraction of sp³-hybridized carbons (Fsp3) is 0.100. The van der Waals surface area contributed by atoms with Crippen LogP contribution in [0.15, 0.2) is 71.1 Å². The number of nitrogens with zero attached hydrogens (tertiary/aromatic N) is 2. The van der Waals surface area contributed by atoms with Crippen LogP contribution in [0, 0.1) is 0 Å². The third-order valence-electron chi connectivity index (χ3n) is 4.20. The third kappa shape index (κ3) is 2.45. The van der Waals surface area contributed by atoms with Gasteiger partial charge in [0.1, 0.15) is 4.83 Å². The van der Waals surface area contributed by atoms with Gasteiger partial charge in [-0.3, -0.25) is 9.36 Å². The molecule has 0 amide bonds. The number of hydrogen-bond acceptors (Lipinski definition) is 3. The van der Waals surface area contributed by atoms with Gasteiger partial charge in [-0.25, -0.2) is 4.98 Å². The van der Waals surface area contributed by atoms with Gasteiger partial charge in [-0.15, -0.1) is 11.3 Å². The maximum absolute atomic E-state index is 12.6. The van der Waals surface area contributed by atoms with E-state index in [0.717, 1.165) is 21.3 Å². The fourth-order valence-electron chi connectivity index (χ4n) is 2.88. The van der Waals surface area contributed by atoms with Gasteiger partial charge >= 0.3 is 0 Å². The summed E-state index contributed by atoms with van der Waals surface area (Å²) in [5, 5.41) is 2.74. The predicted octanol–water partition coefficient (Wildman–Crippen LogP) is 4.81. The molecule has 0 aliphatic rings. The molecule has 0 bridgehead atoms. The second-order valence-electron chi connectivity index (χ2n) is 5.61. The average molecular weight is 332 g/mol. The van der Waals surface area contributed by atoms with Crippen molar-refractivity contribution < 1.29 is 0 Å². The van der Waals surface area contributed by atoms with Gasteiger partial charge in [0.05, 0.1) is 11.7 Å². The van der Waals surface area contributed by atoms with E-state index >= 15 is 0 Å². The van der Waals surface area contributed by atoms with Crippen molar-refractivity contribution in [3.8, 4) is 22.3 Å². The standard InChI is InChI=1S/C20H16N2OS/c1-2-22-13-21-19-18(20(22)23)17(12-24-19)16-10-8-15(9-11-16)14-6-4-3-5-7-14/h3-13H,2H2,1H3. The maximum Gasteiger partial charge on any atom is 0.262 e. The summed E-state index contributed by atoms with van der Waals surface area (Å²) in [6.07, 6.45) is 1.63. The Labute approximate surface area is 143 Å². The fourth-order valence-corrected chi connectivity index (χ4v) is 3.78. The number of rotatable bonds is 3. The van der Waals surface area contributed by atoms with Gasteiger partial charge in [0.15, 0.2) is 0 Å². The molecule has 4 heteroatoms. The van der Waals surface area contributed by atoms with Crippen molar-refractivity contribution in [2.45, 2.75) is 13.5 Å². The first kappa shape index (κ1) is 14.8. The monoisotopic (exact) mass is 332 g/mol. The van der Waals surface area contributed by atoms with E-state index in [2.05, 4.69) is 41.4 Å². The Morgan fingerprint density at radius 1 is 0.958 bits per heavy atom. The first-order valence-electron chi connectivity index (χ1n) is 7.90. The largest absolute Gasteiger partial charge is 0.299 e. The lowest BCUT2D eigenvalue weighted by molar-refractivity contribution is 0.718. The highest BCUT2D eigenvalue weighted by Gasteiger charge is 2.12. The van der Waals surface area contributed by atoms with Crippen LogP contribution in [0.5, 0.6) is 0 Å². The molecule has 4 rings (SSSR count). The molecular formula is C20H16N2OS. The van der Waals surface area contributed by atoms with Gasteiger partial charge in [0, 0.05) is 17.5 Å². The minimum Gasteiger partial charge on any atom is -0.299 e. The summed E-state index contributed by atoms with van der Waals surface area (Å²) in [6, 6.07) is 18.6. The molecule has 0 saturated carbocycles. The van der Waals surface area contributed by atoms with E-state index in [1.165, 1.54) is 22.5 Å². The van der Waals surface area contributed by atoms with E-state index in [-0.39, 0.29) is 5.56 Å². The molecule has 0 radical (unpaired) electrons. The molecule has 2 aromatic carbocycles. The van der Waals surface area contributed by atoms with Gasteiger partial charge in [-0.1, -0.05) is 54.6 Å². The highest BCUT2D eigenvalue weighted by molar-refractivity contribution is 7.17. The van der Waals surface area contributed by atoms with Crippen LogP contribution < -0.4 is 5.56 Å². The van der Waals surface area contributed by atoms with E-state index in [4.69, 9.17) is 0 Å². The molecule has 24 heavy (non-hydrogen) atoms. The Kier molecular flexibility index (Phi) is 3.75. The smallest absolute Gasteiger partial charge is 0.262 e. The molecule has 0 aliphatic carbocycles. The summed E-state index contributed by atoms with van der Waals surface area (Å²) in [4.78, 5) is 17.8. The highest BCUT2D eigenvalue weighted by Crippen LogP contribution is 2.32. The maximum atomic E-state index is 12.6. The van der Waals surface area contributed by atoms with Crippen LogP contribution in [0.2, 0.25) is 0 Å². The number of hydrogen-bond donors (Lipinski definition) is 0. The number of fused-ring (bicyclic) bond motifs is 1.